The van der Waals surface area contributed by atoms with Crippen molar-refractivity contribution in [3.63, 3.8) is 0 Å². The van der Waals surface area contributed by atoms with E-state index in [0.29, 0.717) is 16.6 Å². The lowest BCUT2D eigenvalue weighted by atomic mass is 10.0. The van der Waals surface area contributed by atoms with E-state index in [2.05, 4.69) is 28.8 Å². The van der Waals surface area contributed by atoms with Gasteiger partial charge < -0.3 is 0 Å². The standard InChI is InChI=1S/C10H9Cl2N3/c1-5(2)6-3-8(11)14-7-4-13-10(12)15-9(6)7/h3-5H,1-2H3. The average molecular weight is 242 g/mol. The molecule has 0 fully saturated rings. The number of hydrogen-bond acceptors (Lipinski definition) is 3. The van der Waals surface area contributed by atoms with Gasteiger partial charge in [-0.2, -0.15) is 0 Å². The van der Waals surface area contributed by atoms with Crippen molar-refractivity contribution in [1.82, 2.24) is 15.0 Å². The molecule has 2 aromatic heterocycles. The molecule has 78 valence electrons. The molecule has 0 aliphatic carbocycles. The minimum absolute atomic E-state index is 0.230. The van der Waals surface area contributed by atoms with E-state index in [1.807, 2.05) is 6.07 Å². The van der Waals surface area contributed by atoms with Crippen LogP contribution in [0.3, 0.4) is 0 Å². The van der Waals surface area contributed by atoms with E-state index in [0.717, 1.165) is 11.1 Å². The molecular weight excluding hydrogens is 233 g/mol. The van der Waals surface area contributed by atoms with E-state index in [1.165, 1.54) is 0 Å². The SMILES string of the molecule is CC(C)c1cc(Cl)nc2cnc(Cl)nc12. The Hall–Kier alpha value is -0.930. The summed E-state index contributed by atoms with van der Waals surface area (Å²) >= 11 is 11.7. The molecule has 0 aliphatic heterocycles. The first-order valence-corrected chi connectivity index (χ1v) is 5.32. The molecule has 2 rings (SSSR count). The molecule has 0 saturated heterocycles. The van der Waals surface area contributed by atoms with Crippen molar-refractivity contribution in [1.29, 1.82) is 0 Å². The van der Waals surface area contributed by atoms with Crippen LogP contribution >= 0.6 is 23.2 Å². The first-order valence-electron chi connectivity index (χ1n) is 4.56. The van der Waals surface area contributed by atoms with E-state index >= 15 is 0 Å². The van der Waals surface area contributed by atoms with Crippen LogP contribution < -0.4 is 0 Å². The highest BCUT2D eigenvalue weighted by atomic mass is 35.5. The lowest BCUT2D eigenvalue weighted by Gasteiger charge is -2.08. The Balaban J connectivity index is 2.81. The summed E-state index contributed by atoms with van der Waals surface area (Å²) in [4.78, 5) is 12.2. The lowest BCUT2D eigenvalue weighted by molar-refractivity contribution is 0.869. The third-order valence-electron chi connectivity index (χ3n) is 2.14. The Morgan fingerprint density at radius 2 is 1.93 bits per heavy atom. The molecule has 0 aromatic carbocycles. The van der Waals surface area contributed by atoms with E-state index in [9.17, 15) is 0 Å². The molecule has 0 radical (unpaired) electrons. The summed E-state index contributed by atoms with van der Waals surface area (Å²) in [5.74, 6) is 0.318. The molecule has 0 spiro atoms. The Morgan fingerprint density at radius 1 is 1.20 bits per heavy atom. The number of aromatic nitrogens is 3. The summed E-state index contributed by atoms with van der Waals surface area (Å²) in [7, 11) is 0. The summed E-state index contributed by atoms with van der Waals surface area (Å²) in [5, 5.41) is 0.686. The molecule has 0 aliphatic rings. The molecule has 0 N–H and O–H groups in total. The number of pyridine rings is 1. The Morgan fingerprint density at radius 3 is 2.60 bits per heavy atom. The molecule has 3 nitrogen and oxygen atoms in total. The van der Waals surface area contributed by atoms with Crippen molar-refractivity contribution in [2.45, 2.75) is 19.8 Å². The van der Waals surface area contributed by atoms with Gasteiger partial charge in [-0.15, -0.1) is 0 Å². The van der Waals surface area contributed by atoms with E-state index in [1.54, 1.807) is 6.20 Å². The van der Waals surface area contributed by atoms with Crippen LogP contribution in [0.25, 0.3) is 11.0 Å². The predicted octanol–water partition coefficient (Wildman–Crippen LogP) is 3.46. The third kappa shape index (κ3) is 2.03. The lowest BCUT2D eigenvalue weighted by Crippen LogP contribution is -1.96. The summed E-state index contributed by atoms with van der Waals surface area (Å²) in [6, 6.07) is 1.82. The zero-order chi connectivity index (χ0) is 11.0. The maximum atomic E-state index is 5.91. The quantitative estimate of drug-likeness (QED) is 0.567. The average Bonchev–Trinajstić information content (AvgIpc) is 2.17. The highest BCUT2D eigenvalue weighted by molar-refractivity contribution is 6.30. The molecule has 0 unspecified atom stereocenters. The maximum Gasteiger partial charge on any atom is 0.223 e. The summed E-state index contributed by atoms with van der Waals surface area (Å²) in [5.41, 5.74) is 2.49. The first kappa shape index (κ1) is 10.6. The fourth-order valence-electron chi connectivity index (χ4n) is 1.43. The van der Waals surface area contributed by atoms with Gasteiger partial charge in [-0.05, 0) is 29.1 Å². The fourth-order valence-corrected chi connectivity index (χ4v) is 1.77. The summed E-state index contributed by atoms with van der Waals surface area (Å²) in [6.07, 6.45) is 1.59. The number of hydrogen-bond donors (Lipinski definition) is 0. The van der Waals surface area contributed by atoms with Gasteiger partial charge in [-0.1, -0.05) is 25.4 Å². The van der Waals surface area contributed by atoms with Crippen molar-refractivity contribution >= 4 is 34.2 Å². The number of fused-ring (bicyclic) bond motifs is 1. The second-order valence-corrected chi connectivity index (χ2v) is 4.29. The minimum Gasteiger partial charge on any atom is -0.233 e. The van der Waals surface area contributed by atoms with Gasteiger partial charge in [0.2, 0.25) is 5.28 Å². The number of halogens is 2. The van der Waals surface area contributed by atoms with Crippen LogP contribution in [0.2, 0.25) is 10.4 Å². The smallest absolute Gasteiger partial charge is 0.223 e. The van der Waals surface area contributed by atoms with Crippen molar-refractivity contribution in [3.8, 4) is 0 Å². The third-order valence-corrected chi connectivity index (χ3v) is 2.51. The molecule has 15 heavy (non-hydrogen) atoms. The number of nitrogens with zero attached hydrogens (tertiary/aromatic N) is 3. The molecule has 0 bridgehead atoms. The molecule has 0 saturated carbocycles. The van der Waals surface area contributed by atoms with E-state index in [-0.39, 0.29) is 5.28 Å². The van der Waals surface area contributed by atoms with Crippen LogP contribution in [0.4, 0.5) is 0 Å². The Labute approximate surface area is 97.5 Å². The van der Waals surface area contributed by atoms with Gasteiger partial charge in [0.25, 0.3) is 0 Å². The predicted molar refractivity (Wildman–Crippen MR) is 61.4 cm³/mol. The van der Waals surface area contributed by atoms with Crippen LogP contribution in [-0.2, 0) is 0 Å². The van der Waals surface area contributed by atoms with Crippen molar-refractivity contribution < 1.29 is 0 Å². The van der Waals surface area contributed by atoms with Gasteiger partial charge >= 0.3 is 0 Å². The molecule has 2 heterocycles. The van der Waals surface area contributed by atoms with Crippen molar-refractivity contribution in [2.24, 2.45) is 0 Å². The molecule has 2 aromatic rings. The van der Waals surface area contributed by atoms with Crippen LogP contribution in [0.15, 0.2) is 12.3 Å². The van der Waals surface area contributed by atoms with Gasteiger partial charge in [0.05, 0.1) is 11.7 Å². The largest absolute Gasteiger partial charge is 0.233 e. The summed E-state index contributed by atoms with van der Waals surface area (Å²) < 4.78 is 0. The van der Waals surface area contributed by atoms with E-state index in [4.69, 9.17) is 23.2 Å². The van der Waals surface area contributed by atoms with E-state index < -0.39 is 0 Å². The number of rotatable bonds is 1. The highest BCUT2D eigenvalue weighted by Gasteiger charge is 2.10. The van der Waals surface area contributed by atoms with Gasteiger partial charge in [0.1, 0.15) is 10.7 Å². The second kappa shape index (κ2) is 3.91. The highest BCUT2D eigenvalue weighted by Crippen LogP contribution is 2.25. The molecular formula is C10H9Cl2N3. The minimum atomic E-state index is 0.230. The van der Waals surface area contributed by atoms with Gasteiger partial charge in [-0.3, -0.25) is 0 Å². The summed E-state index contributed by atoms with van der Waals surface area (Å²) in [6.45, 7) is 4.14. The molecule has 5 heteroatoms. The monoisotopic (exact) mass is 241 g/mol. The fraction of sp³-hybridized carbons (Fsp3) is 0.300. The van der Waals surface area contributed by atoms with Crippen LogP contribution in [0.1, 0.15) is 25.3 Å². The molecule has 0 amide bonds. The van der Waals surface area contributed by atoms with Crippen LogP contribution in [-0.4, -0.2) is 15.0 Å². The Bertz CT molecular complexity index is 511. The van der Waals surface area contributed by atoms with Crippen LogP contribution in [0, 0.1) is 0 Å². The zero-order valence-corrected chi connectivity index (χ0v) is 9.84. The maximum absolute atomic E-state index is 5.91. The zero-order valence-electron chi connectivity index (χ0n) is 8.33. The van der Waals surface area contributed by atoms with Crippen molar-refractivity contribution in [2.75, 3.05) is 0 Å². The Kier molecular flexibility index (Phi) is 2.76. The first-order chi connectivity index (χ1) is 7.08. The van der Waals surface area contributed by atoms with Gasteiger partial charge in [-0.25, -0.2) is 15.0 Å². The second-order valence-electron chi connectivity index (χ2n) is 3.56. The van der Waals surface area contributed by atoms with Crippen LogP contribution in [0.5, 0.6) is 0 Å². The van der Waals surface area contributed by atoms with Crippen molar-refractivity contribution in [3.05, 3.63) is 28.3 Å². The topological polar surface area (TPSA) is 38.7 Å². The normalized spacial score (nSPS) is 11.3. The van der Waals surface area contributed by atoms with Gasteiger partial charge in [0, 0.05) is 0 Å². The van der Waals surface area contributed by atoms with Gasteiger partial charge in [0.15, 0.2) is 0 Å². The molecule has 0 atom stereocenters.